The van der Waals surface area contributed by atoms with Gasteiger partial charge in [-0.2, -0.15) is 0 Å². The molecule has 0 saturated carbocycles. The molecule has 0 unspecified atom stereocenters. The Morgan fingerprint density at radius 2 is 1.93 bits per heavy atom. The average molecular weight is 193 g/mol. The Labute approximate surface area is 85.5 Å². The van der Waals surface area contributed by atoms with E-state index in [1.54, 1.807) is 0 Å². The Bertz CT molecular complexity index is 284. The van der Waals surface area contributed by atoms with Gasteiger partial charge in [0, 0.05) is 12.2 Å². The van der Waals surface area contributed by atoms with E-state index in [4.69, 9.17) is 11.5 Å². The quantitative estimate of drug-likeness (QED) is 0.497. The van der Waals surface area contributed by atoms with Crippen LogP contribution in [0.4, 0.5) is 17.1 Å². The Hall–Kier alpha value is -1.38. The van der Waals surface area contributed by atoms with Crippen LogP contribution in [0.2, 0.25) is 0 Å². The van der Waals surface area contributed by atoms with Crippen LogP contribution in [0.5, 0.6) is 0 Å². The number of nitrogen functional groups attached to an aromatic ring is 2. The summed E-state index contributed by atoms with van der Waals surface area (Å²) in [5, 5.41) is 3.31. The highest BCUT2D eigenvalue weighted by molar-refractivity contribution is 5.69. The third-order valence-electron chi connectivity index (χ3n) is 2.20. The van der Waals surface area contributed by atoms with Gasteiger partial charge in [0.1, 0.15) is 0 Å². The van der Waals surface area contributed by atoms with Crippen LogP contribution < -0.4 is 16.8 Å². The van der Waals surface area contributed by atoms with E-state index in [1.807, 2.05) is 18.2 Å². The van der Waals surface area contributed by atoms with Crippen molar-refractivity contribution in [1.82, 2.24) is 0 Å². The summed E-state index contributed by atoms with van der Waals surface area (Å²) < 4.78 is 0. The SMILES string of the molecule is CCCCCNc1ccc(N)c(N)c1. The van der Waals surface area contributed by atoms with Crippen LogP contribution >= 0.6 is 0 Å². The minimum Gasteiger partial charge on any atom is -0.397 e. The van der Waals surface area contributed by atoms with Gasteiger partial charge in [0.25, 0.3) is 0 Å². The fourth-order valence-corrected chi connectivity index (χ4v) is 1.29. The normalized spacial score (nSPS) is 10.1. The average Bonchev–Trinajstić information content (AvgIpc) is 2.18. The summed E-state index contributed by atoms with van der Waals surface area (Å²) in [6.07, 6.45) is 3.70. The summed E-state index contributed by atoms with van der Waals surface area (Å²) in [4.78, 5) is 0. The van der Waals surface area contributed by atoms with E-state index in [0.717, 1.165) is 12.2 Å². The molecule has 0 atom stereocenters. The molecule has 14 heavy (non-hydrogen) atoms. The summed E-state index contributed by atoms with van der Waals surface area (Å²) in [7, 11) is 0. The molecule has 0 heterocycles. The van der Waals surface area contributed by atoms with Crippen LogP contribution in [0.1, 0.15) is 26.2 Å². The van der Waals surface area contributed by atoms with Gasteiger partial charge < -0.3 is 16.8 Å². The van der Waals surface area contributed by atoms with Crippen LogP contribution in [0.3, 0.4) is 0 Å². The number of hydrogen-bond donors (Lipinski definition) is 3. The third kappa shape index (κ3) is 3.17. The minimum absolute atomic E-state index is 0.643. The Kier molecular flexibility index (Phi) is 4.11. The first kappa shape index (κ1) is 10.7. The van der Waals surface area contributed by atoms with Crippen molar-refractivity contribution in [2.24, 2.45) is 0 Å². The zero-order valence-electron chi connectivity index (χ0n) is 8.72. The molecule has 0 aliphatic rings. The molecule has 1 aromatic carbocycles. The number of unbranched alkanes of at least 4 members (excludes halogenated alkanes) is 2. The first-order valence-corrected chi connectivity index (χ1v) is 5.13. The molecule has 5 N–H and O–H groups in total. The molecule has 78 valence electrons. The summed E-state index contributed by atoms with van der Waals surface area (Å²) in [5.41, 5.74) is 13.6. The van der Waals surface area contributed by atoms with Crippen molar-refractivity contribution in [2.75, 3.05) is 23.3 Å². The molecule has 3 heteroatoms. The van der Waals surface area contributed by atoms with E-state index in [1.165, 1.54) is 19.3 Å². The van der Waals surface area contributed by atoms with Gasteiger partial charge in [0.2, 0.25) is 0 Å². The van der Waals surface area contributed by atoms with Crippen molar-refractivity contribution < 1.29 is 0 Å². The van der Waals surface area contributed by atoms with Gasteiger partial charge in [-0.15, -0.1) is 0 Å². The minimum atomic E-state index is 0.643. The highest BCUT2D eigenvalue weighted by atomic mass is 14.9. The molecule has 0 saturated heterocycles. The zero-order valence-corrected chi connectivity index (χ0v) is 8.72. The highest BCUT2D eigenvalue weighted by Crippen LogP contribution is 2.19. The van der Waals surface area contributed by atoms with E-state index >= 15 is 0 Å². The van der Waals surface area contributed by atoms with Crippen LogP contribution in [-0.2, 0) is 0 Å². The molecule has 0 spiro atoms. The molecule has 1 rings (SSSR count). The predicted octanol–water partition coefficient (Wildman–Crippen LogP) is 2.45. The van der Waals surface area contributed by atoms with E-state index in [-0.39, 0.29) is 0 Å². The molecule has 0 bridgehead atoms. The molecule has 0 aromatic heterocycles. The number of anilines is 3. The lowest BCUT2D eigenvalue weighted by Crippen LogP contribution is -2.02. The number of benzene rings is 1. The topological polar surface area (TPSA) is 64.1 Å². The molecule has 0 aliphatic carbocycles. The zero-order chi connectivity index (χ0) is 10.4. The van der Waals surface area contributed by atoms with Gasteiger partial charge in [0.05, 0.1) is 11.4 Å². The molecule has 1 aromatic rings. The molecular weight excluding hydrogens is 174 g/mol. The molecular formula is C11H19N3. The fraction of sp³-hybridized carbons (Fsp3) is 0.455. The lowest BCUT2D eigenvalue weighted by Gasteiger charge is -2.07. The number of rotatable bonds is 5. The fourth-order valence-electron chi connectivity index (χ4n) is 1.29. The maximum absolute atomic E-state index is 5.69. The van der Waals surface area contributed by atoms with Crippen molar-refractivity contribution in [3.63, 3.8) is 0 Å². The Morgan fingerprint density at radius 3 is 2.57 bits per heavy atom. The predicted molar refractivity (Wildman–Crippen MR) is 63.3 cm³/mol. The van der Waals surface area contributed by atoms with E-state index < -0.39 is 0 Å². The van der Waals surface area contributed by atoms with Crippen LogP contribution in [0.15, 0.2) is 18.2 Å². The first-order valence-electron chi connectivity index (χ1n) is 5.13. The van der Waals surface area contributed by atoms with Gasteiger partial charge in [-0.3, -0.25) is 0 Å². The second-order valence-corrected chi connectivity index (χ2v) is 3.48. The Morgan fingerprint density at radius 1 is 1.14 bits per heavy atom. The maximum Gasteiger partial charge on any atom is 0.0568 e. The van der Waals surface area contributed by atoms with Crippen LogP contribution in [-0.4, -0.2) is 6.54 Å². The van der Waals surface area contributed by atoms with Crippen LogP contribution in [0.25, 0.3) is 0 Å². The molecule has 0 aliphatic heterocycles. The van der Waals surface area contributed by atoms with Gasteiger partial charge in [-0.05, 0) is 24.6 Å². The second-order valence-electron chi connectivity index (χ2n) is 3.48. The van der Waals surface area contributed by atoms with E-state index in [0.29, 0.717) is 11.4 Å². The van der Waals surface area contributed by atoms with E-state index in [9.17, 15) is 0 Å². The summed E-state index contributed by atoms with van der Waals surface area (Å²) >= 11 is 0. The van der Waals surface area contributed by atoms with Crippen molar-refractivity contribution in [3.8, 4) is 0 Å². The molecule has 0 amide bonds. The summed E-state index contributed by atoms with van der Waals surface area (Å²) in [5.74, 6) is 0. The molecule has 3 nitrogen and oxygen atoms in total. The van der Waals surface area contributed by atoms with Crippen molar-refractivity contribution in [3.05, 3.63) is 18.2 Å². The van der Waals surface area contributed by atoms with Gasteiger partial charge in [-0.1, -0.05) is 19.8 Å². The Balaban J connectivity index is 2.39. The lowest BCUT2D eigenvalue weighted by atomic mass is 10.2. The number of hydrogen-bond acceptors (Lipinski definition) is 3. The summed E-state index contributed by atoms with van der Waals surface area (Å²) in [6, 6.07) is 5.66. The van der Waals surface area contributed by atoms with Crippen molar-refractivity contribution in [1.29, 1.82) is 0 Å². The summed E-state index contributed by atoms with van der Waals surface area (Å²) in [6.45, 7) is 3.19. The van der Waals surface area contributed by atoms with Gasteiger partial charge in [0.15, 0.2) is 0 Å². The second kappa shape index (κ2) is 5.37. The van der Waals surface area contributed by atoms with Gasteiger partial charge >= 0.3 is 0 Å². The smallest absolute Gasteiger partial charge is 0.0568 e. The number of nitrogens with two attached hydrogens (primary N) is 2. The van der Waals surface area contributed by atoms with E-state index in [2.05, 4.69) is 12.2 Å². The standard InChI is InChI=1S/C11H19N3/c1-2-3-4-7-14-9-5-6-10(12)11(13)8-9/h5-6,8,14H,2-4,7,12-13H2,1H3. The maximum atomic E-state index is 5.69. The third-order valence-corrected chi connectivity index (χ3v) is 2.20. The van der Waals surface area contributed by atoms with Crippen molar-refractivity contribution in [2.45, 2.75) is 26.2 Å². The largest absolute Gasteiger partial charge is 0.397 e. The number of nitrogens with one attached hydrogen (secondary N) is 1. The van der Waals surface area contributed by atoms with Gasteiger partial charge in [-0.25, -0.2) is 0 Å². The monoisotopic (exact) mass is 193 g/mol. The van der Waals surface area contributed by atoms with Crippen LogP contribution in [0, 0.1) is 0 Å². The molecule has 0 fully saturated rings. The highest BCUT2D eigenvalue weighted by Gasteiger charge is 1.96. The first-order chi connectivity index (χ1) is 6.74. The molecule has 0 radical (unpaired) electrons. The van der Waals surface area contributed by atoms with Crippen molar-refractivity contribution >= 4 is 17.1 Å². The lowest BCUT2D eigenvalue weighted by molar-refractivity contribution is 0.744.